The molecule has 0 atom stereocenters. The van der Waals surface area contributed by atoms with E-state index in [2.05, 4.69) is 4.42 Å². The summed E-state index contributed by atoms with van der Waals surface area (Å²) in [5.74, 6) is -3.31. The second kappa shape index (κ2) is 12.1. The summed E-state index contributed by atoms with van der Waals surface area (Å²) in [5.41, 5.74) is 0. The Labute approximate surface area is 111 Å². The van der Waals surface area contributed by atoms with Crippen LogP contribution in [-0.2, 0) is 0 Å². The number of hydrogen-bond acceptors (Lipinski definition) is 3. The molecule has 0 aliphatic rings. The van der Waals surface area contributed by atoms with Crippen molar-refractivity contribution in [1.29, 1.82) is 0 Å². The molecule has 10 N–H and O–H groups in total. The minimum absolute atomic E-state index is 0. The predicted molar refractivity (Wildman–Crippen MR) is 54.2 cm³/mol. The van der Waals surface area contributed by atoms with Crippen molar-refractivity contribution in [2.45, 2.75) is 0 Å². The first-order chi connectivity index (χ1) is 5.11. The third kappa shape index (κ3) is 7.36. The van der Waals surface area contributed by atoms with E-state index in [-0.39, 0.29) is 63.0 Å². The molecule has 1 rings (SSSR count). The summed E-state index contributed by atoms with van der Waals surface area (Å²) in [6, 6.07) is 2.18. The van der Waals surface area contributed by atoms with Crippen LogP contribution in [0.4, 0.5) is 0 Å². The second-order valence-corrected chi connectivity index (χ2v) is 1.77. The SMILES string of the molecule is O.O.O.O.O=C(O)c1ccc(C(=O)O)o1.[NaH]. The molecule has 10 heteroatoms. The van der Waals surface area contributed by atoms with Crippen LogP contribution in [0.25, 0.3) is 0 Å². The average Bonchev–Trinajstić information content (AvgIpc) is 2.33. The normalized spacial score (nSPS) is 6.50. The molecule has 0 aliphatic heterocycles. The van der Waals surface area contributed by atoms with Crippen molar-refractivity contribution in [1.82, 2.24) is 0 Å². The summed E-state index contributed by atoms with van der Waals surface area (Å²) in [5, 5.41) is 16.6. The van der Waals surface area contributed by atoms with Crippen molar-refractivity contribution >= 4 is 41.5 Å². The Hall–Kier alpha value is -0.940. The van der Waals surface area contributed by atoms with Gasteiger partial charge < -0.3 is 36.5 Å². The van der Waals surface area contributed by atoms with Crippen LogP contribution in [0.15, 0.2) is 16.5 Å². The first-order valence-electron chi connectivity index (χ1n) is 2.67. The van der Waals surface area contributed by atoms with Crippen molar-refractivity contribution in [2.75, 3.05) is 0 Å². The average molecular weight is 252 g/mol. The van der Waals surface area contributed by atoms with Crippen LogP contribution >= 0.6 is 0 Å². The standard InChI is InChI=1S/C6H4O5.Na.4H2O.H/c7-5(8)3-1-2-4(11-3)6(9)10;;;;;;/h1-2H,(H,7,8)(H,9,10);;4*1H2;. The van der Waals surface area contributed by atoms with Crippen molar-refractivity contribution in [3.05, 3.63) is 23.7 Å². The van der Waals surface area contributed by atoms with E-state index in [1.165, 1.54) is 0 Å². The maximum absolute atomic E-state index is 10.2. The number of hydrogen-bond donors (Lipinski definition) is 2. The minimum atomic E-state index is -1.28. The molecule has 0 radical (unpaired) electrons. The zero-order chi connectivity index (χ0) is 8.43. The molecule has 0 saturated heterocycles. The summed E-state index contributed by atoms with van der Waals surface area (Å²) in [7, 11) is 0. The Morgan fingerprint density at radius 3 is 1.25 bits per heavy atom. The van der Waals surface area contributed by atoms with Gasteiger partial charge in [0, 0.05) is 0 Å². The zero-order valence-corrected chi connectivity index (χ0v) is 7.27. The third-order valence-corrected chi connectivity index (χ3v) is 1.03. The number of carbonyl (C=O) groups is 2. The molecule has 9 nitrogen and oxygen atoms in total. The van der Waals surface area contributed by atoms with E-state index in [1.54, 1.807) is 0 Å². The molecule has 1 aromatic heterocycles. The van der Waals surface area contributed by atoms with E-state index in [0.717, 1.165) is 12.1 Å². The molecule has 0 spiro atoms. The van der Waals surface area contributed by atoms with Crippen LogP contribution in [0.2, 0.25) is 0 Å². The monoisotopic (exact) mass is 252 g/mol. The summed E-state index contributed by atoms with van der Waals surface area (Å²) in [6.07, 6.45) is 0. The second-order valence-electron chi connectivity index (χ2n) is 1.77. The van der Waals surface area contributed by atoms with Gasteiger partial charge in [0.05, 0.1) is 0 Å². The fraction of sp³-hybridized carbons (Fsp3) is 0. The van der Waals surface area contributed by atoms with Gasteiger partial charge in [-0.05, 0) is 12.1 Å². The van der Waals surface area contributed by atoms with Gasteiger partial charge in [0.15, 0.2) is 0 Å². The molecule has 0 fully saturated rings. The van der Waals surface area contributed by atoms with Gasteiger partial charge in [-0.3, -0.25) is 0 Å². The molecule has 1 aromatic rings. The zero-order valence-electron chi connectivity index (χ0n) is 7.27. The van der Waals surface area contributed by atoms with Gasteiger partial charge in [0.25, 0.3) is 0 Å². The van der Waals surface area contributed by atoms with Crippen LogP contribution in [0.5, 0.6) is 0 Å². The molecule has 16 heavy (non-hydrogen) atoms. The van der Waals surface area contributed by atoms with Gasteiger partial charge in [-0.15, -0.1) is 0 Å². The van der Waals surface area contributed by atoms with Gasteiger partial charge in [-0.1, -0.05) is 0 Å². The van der Waals surface area contributed by atoms with Crippen LogP contribution in [0.1, 0.15) is 21.1 Å². The van der Waals surface area contributed by atoms with Gasteiger partial charge >= 0.3 is 41.5 Å². The first kappa shape index (κ1) is 29.4. The topological polar surface area (TPSA) is 214 Å². The molecule has 0 aliphatic carbocycles. The first-order valence-corrected chi connectivity index (χ1v) is 2.67. The predicted octanol–water partition coefficient (Wildman–Crippen LogP) is -3.27. The summed E-state index contributed by atoms with van der Waals surface area (Å²) in [6.45, 7) is 0. The number of carboxylic acids is 2. The Morgan fingerprint density at radius 1 is 0.875 bits per heavy atom. The van der Waals surface area contributed by atoms with E-state index in [0.29, 0.717) is 0 Å². The van der Waals surface area contributed by atoms with E-state index < -0.39 is 11.9 Å². The summed E-state index contributed by atoms with van der Waals surface area (Å²) < 4.78 is 4.41. The molecule has 0 bridgehead atoms. The van der Waals surface area contributed by atoms with Crippen molar-refractivity contribution in [3.63, 3.8) is 0 Å². The fourth-order valence-corrected chi connectivity index (χ4v) is 0.568. The van der Waals surface area contributed by atoms with Crippen LogP contribution in [0.3, 0.4) is 0 Å². The molecule has 1 heterocycles. The molecule has 0 unspecified atom stereocenters. The van der Waals surface area contributed by atoms with E-state index in [9.17, 15) is 9.59 Å². The molecular weight excluding hydrogens is 239 g/mol. The van der Waals surface area contributed by atoms with Crippen LogP contribution < -0.4 is 0 Å². The Kier molecular flexibility index (Phi) is 22.3. The molecule has 0 amide bonds. The van der Waals surface area contributed by atoms with Crippen LogP contribution in [-0.4, -0.2) is 73.6 Å². The van der Waals surface area contributed by atoms with Crippen molar-refractivity contribution in [2.24, 2.45) is 0 Å². The number of aromatic carboxylic acids is 2. The third-order valence-electron chi connectivity index (χ3n) is 1.03. The van der Waals surface area contributed by atoms with Gasteiger partial charge in [0.1, 0.15) is 0 Å². The van der Waals surface area contributed by atoms with Crippen molar-refractivity contribution in [3.8, 4) is 0 Å². The fourth-order valence-electron chi connectivity index (χ4n) is 0.568. The molecular formula is C6H13NaO9. The molecule has 0 saturated carbocycles. The number of rotatable bonds is 2. The maximum atomic E-state index is 10.2. The van der Waals surface area contributed by atoms with E-state index in [4.69, 9.17) is 10.2 Å². The Bertz CT molecular complexity index is 278. The number of carboxylic acid groups (broad SMARTS) is 2. The number of furan rings is 1. The molecule has 92 valence electrons. The summed E-state index contributed by atoms with van der Waals surface area (Å²) >= 11 is 0. The van der Waals surface area contributed by atoms with Gasteiger partial charge in [-0.25, -0.2) is 9.59 Å². The van der Waals surface area contributed by atoms with E-state index in [1.807, 2.05) is 0 Å². The Balaban J connectivity index is -0.0000000807. The van der Waals surface area contributed by atoms with Gasteiger partial charge in [0.2, 0.25) is 11.5 Å². The molecule has 0 aromatic carbocycles. The van der Waals surface area contributed by atoms with Crippen LogP contribution in [0, 0.1) is 0 Å². The van der Waals surface area contributed by atoms with Crippen molar-refractivity contribution < 1.29 is 46.1 Å². The Morgan fingerprint density at radius 2 is 1.12 bits per heavy atom. The quantitative estimate of drug-likeness (QED) is 0.516. The van der Waals surface area contributed by atoms with Gasteiger partial charge in [-0.2, -0.15) is 0 Å². The summed E-state index contributed by atoms with van der Waals surface area (Å²) in [4.78, 5) is 20.3. The van der Waals surface area contributed by atoms with E-state index >= 15 is 0 Å².